The number of halogens is 2. The van der Waals surface area contributed by atoms with Gasteiger partial charge >= 0.3 is 6.61 Å². The van der Waals surface area contributed by atoms with Crippen molar-refractivity contribution >= 4 is 11.5 Å². The third-order valence-electron chi connectivity index (χ3n) is 4.81. The zero-order chi connectivity index (χ0) is 20.2. The van der Waals surface area contributed by atoms with E-state index in [4.69, 9.17) is 0 Å². The summed E-state index contributed by atoms with van der Waals surface area (Å²) in [6.45, 7) is 0.815. The van der Waals surface area contributed by atoms with Gasteiger partial charge in [-0.2, -0.15) is 13.9 Å². The van der Waals surface area contributed by atoms with Gasteiger partial charge in [-0.15, -0.1) is 10.2 Å². The maximum Gasteiger partial charge on any atom is 0.387 e. The molecule has 1 atom stereocenters. The zero-order valence-electron chi connectivity index (χ0n) is 16.0. The van der Waals surface area contributed by atoms with Crippen LogP contribution in [-0.2, 0) is 0 Å². The number of nitrogens with one attached hydrogen (secondary N) is 1. The van der Waals surface area contributed by atoms with Crippen molar-refractivity contribution in [1.29, 1.82) is 0 Å². The number of alkyl halides is 2. The van der Waals surface area contributed by atoms with Gasteiger partial charge in [-0.3, -0.25) is 0 Å². The van der Waals surface area contributed by atoms with Crippen LogP contribution in [0.1, 0.15) is 18.5 Å². The molecule has 0 saturated carbocycles. The second kappa shape index (κ2) is 8.42. The standard InChI is InChI=1S/C20H22F2N6O/c1-14-10-12-28(26-14)19-9-8-18(24-25-19)23-15-3-2-11-27(13-15)16-4-6-17(7-5-16)29-20(21)22/h4-10,12,15,20H,2-3,11,13H2,1H3,(H,23,24). The first-order valence-corrected chi connectivity index (χ1v) is 9.49. The van der Waals surface area contributed by atoms with Crippen LogP contribution in [0.3, 0.4) is 0 Å². The van der Waals surface area contributed by atoms with Crippen LogP contribution >= 0.6 is 0 Å². The van der Waals surface area contributed by atoms with Crippen LogP contribution in [0.4, 0.5) is 20.3 Å². The number of anilines is 2. The molecule has 0 amide bonds. The fraction of sp³-hybridized carbons (Fsp3) is 0.350. The molecule has 2 aromatic heterocycles. The normalized spacial score (nSPS) is 16.8. The van der Waals surface area contributed by atoms with Crippen LogP contribution in [0.15, 0.2) is 48.7 Å². The summed E-state index contributed by atoms with van der Waals surface area (Å²) in [5.41, 5.74) is 1.90. The first-order valence-electron chi connectivity index (χ1n) is 9.49. The number of hydrogen-bond donors (Lipinski definition) is 1. The Morgan fingerprint density at radius 1 is 1.10 bits per heavy atom. The van der Waals surface area contributed by atoms with Gasteiger partial charge in [-0.25, -0.2) is 4.68 Å². The fourth-order valence-electron chi connectivity index (χ4n) is 3.44. The lowest BCUT2D eigenvalue weighted by Crippen LogP contribution is -2.42. The Labute approximate surface area is 167 Å². The fourth-order valence-corrected chi connectivity index (χ4v) is 3.44. The highest BCUT2D eigenvalue weighted by atomic mass is 19.3. The summed E-state index contributed by atoms with van der Waals surface area (Å²) in [4.78, 5) is 2.22. The van der Waals surface area contributed by atoms with Gasteiger partial charge < -0.3 is 15.0 Å². The van der Waals surface area contributed by atoms with Gasteiger partial charge in [0, 0.05) is 31.0 Å². The minimum absolute atomic E-state index is 0.165. The molecule has 29 heavy (non-hydrogen) atoms. The molecule has 1 aliphatic rings. The van der Waals surface area contributed by atoms with Crippen molar-refractivity contribution in [2.75, 3.05) is 23.3 Å². The van der Waals surface area contributed by atoms with E-state index in [1.165, 1.54) is 0 Å². The van der Waals surface area contributed by atoms with Crippen molar-refractivity contribution in [3.05, 3.63) is 54.4 Å². The monoisotopic (exact) mass is 400 g/mol. The van der Waals surface area contributed by atoms with Gasteiger partial charge in [-0.05, 0) is 62.2 Å². The number of rotatable bonds is 6. The highest BCUT2D eigenvalue weighted by Gasteiger charge is 2.21. The topological polar surface area (TPSA) is 68.1 Å². The molecule has 0 bridgehead atoms. The molecule has 3 heterocycles. The summed E-state index contributed by atoms with van der Waals surface area (Å²) in [6, 6.07) is 12.7. The lowest BCUT2D eigenvalue weighted by Gasteiger charge is -2.35. The van der Waals surface area contributed by atoms with E-state index in [0.29, 0.717) is 11.6 Å². The van der Waals surface area contributed by atoms with Crippen molar-refractivity contribution < 1.29 is 13.5 Å². The van der Waals surface area contributed by atoms with E-state index in [9.17, 15) is 8.78 Å². The average molecular weight is 400 g/mol. The molecule has 0 radical (unpaired) electrons. The van der Waals surface area contributed by atoms with E-state index >= 15 is 0 Å². The van der Waals surface area contributed by atoms with E-state index in [-0.39, 0.29) is 11.8 Å². The van der Waals surface area contributed by atoms with Gasteiger partial charge in [0.15, 0.2) is 5.82 Å². The zero-order valence-corrected chi connectivity index (χ0v) is 16.0. The quantitative estimate of drug-likeness (QED) is 0.681. The molecular formula is C20H22F2N6O. The molecule has 1 fully saturated rings. The van der Waals surface area contributed by atoms with Gasteiger partial charge in [0.05, 0.1) is 5.69 Å². The van der Waals surface area contributed by atoms with Crippen molar-refractivity contribution in [2.24, 2.45) is 0 Å². The van der Waals surface area contributed by atoms with Crippen LogP contribution < -0.4 is 15.0 Å². The van der Waals surface area contributed by atoms with E-state index in [1.54, 1.807) is 28.9 Å². The summed E-state index contributed by atoms with van der Waals surface area (Å²) < 4.78 is 30.7. The van der Waals surface area contributed by atoms with Gasteiger partial charge in [0.25, 0.3) is 0 Å². The number of aryl methyl sites for hydroxylation is 1. The Kier molecular flexibility index (Phi) is 5.55. The van der Waals surface area contributed by atoms with E-state index in [2.05, 4.69) is 30.2 Å². The molecule has 4 rings (SSSR count). The highest BCUT2D eigenvalue weighted by Crippen LogP contribution is 2.24. The third-order valence-corrected chi connectivity index (χ3v) is 4.81. The number of hydrogen-bond acceptors (Lipinski definition) is 6. The van der Waals surface area contributed by atoms with Gasteiger partial charge in [-0.1, -0.05) is 0 Å². The predicted octanol–water partition coefficient (Wildman–Crippen LogP) is 3.65. The van der Waals surface area contributed by atoms with Crippen molar-refractivity contribution in [1.82, 2.24) is 20.0 Å². The number of benzene rings is 1. The van der Waals surface area contributed by atoms with Gasteiger partial charge in [0.1, 0.15) is 11.6 Å². The lowest BCUT2D eigenvalue weighted by atomic mass is 10.0. The minimum Gasteiger partial charge on any atom is -0.435 e. The number of nitrogens with zero attached hydrogens (tertiary/aromatic N) is 5. The molecule has 0 spiro atoms. The average Bonchev–Trinajstić information content (AvgIpc) is 3.15. The molecule has 1 unspecified atom stereocenters. The summed E-state index contributed by atoms with van der Waals surface area (Å²) in [7, 11) is 0. The lowest BCUT2D eigenvalue weighted by molar-refractivity contribution is -0.0498. The summed E-state index contributed by atoms with van der Waals surface area (Å²) in [5.74, 6) is 1.54. The number of aromatic nitrogens is 4. The molecule has 0 aliphatic carbocycles. The Bertz CT molecular complexity index is 929. The van der Waals surface area contributed by atoms with Crippen LogP contribution in [0.2, 0.25) is 0 Å². The largest absolute Gasteiger partial charge is 0.435 e. The Morgan fingerprint density at radius 2 is 1.93 bits per heavy atom. The smallest absolute Gasteiger partial charge is 0.387 e. The molecule has 1 saturated heterocycles. The summed E-state index contributed by atoms with van der Waals surface area (Å²) in [5, 5.41) is 16.3. The second-order valence-corrected chi connectivity index (χ2v) is 6.98. The summed E-state index contributed by atoms with van der Waals surface area (Å²) in [6.07, 6.45) is 3.89. The molecule has 7 nitrogen and oxygen atoms in total. The number of piperidine rings is 1. The number of ether oxygens (including phenoxy) is 1. The minimum atomic E-state index is -2.81. The molecular weight excluding hydrogens is 378 g/mol. The molecule has 3 aromatic rings. The second-order valence-electron chi connectivity index (χ2n) is 6.98. The Hall–Kier alpha value is -3.23. The van der Waals surface area contributed by atoms with Crippen LogP contribution in [-0.4, -0.2) is 45.7 Å². The Balaban J connectivity index is 1.37. The van der Waals surface area contributed by atoms with Gasteiger partial charge in [0.2, 0.25) is 0 Å². The van der Waals surface area contributed by atoms with Crippen molar-refractivity contribution in [2.45, 2.75) is 32.4 Å². The molecule has 152 valence electrons. The van der Waals surface area contributed by atoms with E-state index < -0.39 is 6.61 Å². The Morgan fingerprint density at radius 3 is 2.59 bits per heavy atom. The molecule has 9 heteroatoms. The van der Waals surface area contributed by atoms with E-state index in [1.807, 2.05) is 31.3 Å². The molecule has 1 aromatic carbocycles. The van der Waals surface area contributed by atoms with Crippen LogP contribution in [0.25, 0.3) is 5.82 Å². The van der Waals surface area contributed by atoms with Crippen molar-refractivity contribution in [3.8, 4) is 11.6 Å². The molecule has 1 N–H and O–H groups in total. The first kappa shape index (κ1) is 19.1. The third kappa shape index (κ3) is 4.79. The van der Waals surface area contributed by atoms with Crippen LogP contribution in [0.5, 0.6) is 5.75 Å². The highest BCUT2D eigenvalue weighted by molar-refractivity contribution is 5.50. The molecule has 1 aliphatic heterocycles. The SMILES string of the molecule is Cc1ccn(-c2ccc(NC3CCCN(c4ccc(OC(F)F)cc4)C3)nn2)n1. The van der Waals surface area contributed by atoms with Crippen molar-refractivity contribution in [3.63, 3.8) is 0 Å². The maximum absolute atomic E-state index is 12.3. The summed E-state index contributed by atoms with van der Waals surface area (Å²) >= 11 is 0. The maximum atomic E-state index is 12.3. The van der Waals surface area contributed by atoms with Crippen LogP contribution in [0, 0.1) is 6.92 Å². The first-order chi connectivity index (χ1) is 14.1. The predicted molar refractivity (Wildman–Crippen MR) is 106 cm³/mol. The van der Waals surface area contributed by atoms with E-state index in [0.717, 1.165) is 37.3 Å².